The molecule has 1 N–H and O–H groups in total. The van der Waals surface area contributed by atoms with Crippen molar-refractivity contribution in [1.82, 2.24) is 0 Å². The quantitative estimate of drug-likeness (QED) is 0.176. The van der Waals surface area contributed by atoms with Crippen molar-refractivity contribution in [2.75, 3.05) is 0 Å². The van der Waals surface area contributed by atoms with E-state index in [9.17, 15) is 89.9 Å². The van der Waals surface area contributed by atoms with Crippen LogP contribution in [0.4, 0.5) is 80.3 Å². The maximum atomic E-state index is 14.2. The van der Waals surface area contributed by atoms with E-state index >= 15 is 0 Å². The van der Waals surface area contributed by atoms with Crippen molar-refractivity contribution in [1.29, 1.82) is 0 Å². The zero-order chi connectivity index (χ0) is 30.8. The largest absolute Gasteiger partial charge is 0.460 e. The van der Waals surface area contributed by atoms with Crippen LogP contribution in [0.5, 0.6) is 0 Å². The van der Waals surface area contributed by atoms with Gasteiger partial charge in [-0.2, -0.15) is 74.6 Å². The molecule has 0 saturated heterocycles. The Kier molecular flexibility index (Phi) is 7.89. The molecule has 1 aromatic rings. The van der Waals surface area contributed by atoms with Crippen molar-refractivity contribution < 1.29 is 84.7 Å². The SMILES string of the molecule is CC(O)(CC(F)(F)C(F)(F)C(F)(F)C(F)(F)C(F)(F)C(F)(F)C(F)(F)C(F)(F)F)c1ccccc1[N+](=O)[O-]. The van der Waals surface area contributed by atoms with Crippen molar-refractivity contribution in [2.24, 2.45) is 0 Å². The summed E-state index contributed by atoms with van der Waals surface area (Å²) in [7, 11) is 0. The molecule has 38 heavy (non-hydrogen) atoms. The number of para-hydroxylation sites is 1. The van der Waals surface area contributed by atoms with Crippen LogP contribution in [0.25, 0.3) is 0 Å². The molecule has 0 amide bonds. The zero-order valence-corrected chi connectivity index (χ0v) is 17.7. The number of hydrogen-bond acceptors (Lipinski definition) is 3. The van der Waals surface area contributed by atoms with E-state index in [2.05, 4.69) is 0 Å². The van der Waals surface area contributed by atoms with Crippen molar-refractivity contribution in [2.45, 2.75) is 66.6 Å². The molecule has 0 heterocycles. The van der Waals surface area contributed by atoms with Crippen LogP contribution in [-0.4, -0.2) is 57.7 Å². The van der Waals surface area contributed by atoms with Crippen molar-refractivity contribution in [3.63, 3.8) is 0 Å². The number of benzene rings is 1. The second kappa shape index (κ2) is 8.97. The Morgan fingerprint density at radius 2 is 1.00 bits per heavy atom. The van der Waals surface area contributed by atoms with Crippen LogP contribution in [0.3, 0.4) is 0 Å². The van der Waals surface area contributed by atoms with Gasteiger partial charge in [0.15, 0.2) is 0 Å². The lowest BCUT2D eigenvalue weighted by molar-refractivity contribution is -0.462. The first-order valence-electron chi connectivity index (χ1n) is 9.06. The number of alkyl halides is 17. The fourth-order valence-corrected chi connectivity index (χ4v) is 2.92. The summed E-state index contributed by atoms with van der Waals surface area (Å²) >= 11 is 0. The fraction of sp³-hybridized carbons (Fsp3) is 0.647. The highest BCUT2D eigenvalue weighted by molar-refractivity contribution is 5.43. The summed E-state index contributed by atoms with van der Waals surface area (Å²) in [6, 6.07) is 2.33. The zero-order valence-electron chi connectivity index (χ0n) is 17.7. The van der Waals surface area contributed by atoms with Crippen LogP contribution < -0.4 is 0 Å². The number of rotatable bonds is 10. The number of nitro groups is 1. The van der Waals surface area contributed by atoms with E-state index in [4.69, 9.17) is 0 Å². The maximum Gasteiger partial charge on any atom is 0.460 e. The average molecular weight is 599 g/mol. The van der Waals surface area contributed by atoms with Gasteiger partial charge in [-0.15, -0.1) is 0 Å². The van der Waals surface area contributed by atoms with Crippen LogP contribution in [0.2, 0.25) is 0 Å². The normalized spacial score (nSPS) is 16.8. The molecule has 0 saturated carbocycles. The lowest BCUT2D eigenvalue weighted by Crippen LogP contribution is -2.74. The number of nitro benzene ring substituents is 1. The maximum absolute atomic E-state index is 14.2. The Bertz CT molecular complexity index is 1050. The van der Waals surface area contributed by atoms with Gasteiger partial charge in [0, 0.05) is 6.07 Å². The van der Waals surface area contributed by atoms with Crippen LogP contribution in [0.15, 0.2) is 24.3 Å². The second-order valence-corrected chi connectivity index (χ2v) is 7.87. The third-order valence-corrected chi connectivity index (χ3v) is 5.03. The number of aliphatic hydroxyl groups is 1. The minimum absolute atomic E-state index is 0.0117. The summed E-state index contributed by atoms with van der Waals surface area (Å²) in [5.41, 5.74) is -6.48. The van der Waals surface area contributed by atoms with Crippen molar-refractivity contribution in [3.05, 3.63) is 39.9 Å². The van der Waals surface area contributed by atoms with Gasteiger partial charge >= 0.3 is 47.6 Å². The van der Waals surface area contributed by atoms with Crippen LogP contribution in [0.1, 0.15) is 18.9 Å². The van der Waals surface area contributed by atoms with E-state index in [0.29, 0.717) is 12.1 Å². The highest BCUT2D eigenvalue weighted by Gasteiger charge is 2.95. The smallest absolute Gasteiger partial charge is 0.385 e. The van der Waals surface area contributed by atoms with Gasteiger partial charge in [0.1, 0.15) is 0 Å². The van der Waals surface area contributed by atoms with Gasteiger partial charge in [-0.3, -0.25) is 10.1 Å². The Balaban J connectivity index is 3.68. The average Bonchev–Trinajstić information content (AvgIpc) is 2.71. The number of halogens is 17. The Hall–Kier alpha value is -2.61. The minimum atomic E-state index is -8.78. The first kappa shape index (κ1) is 33.4. The molecule has 1 aromatic carbocycles. The van der Waals surface area contributed by atoms with Gasteiger partial charge < -0.3 is 5.11 Å². The molecule has 0 radical (unpaired) electrons. The van der Waals surface area contributed by atoms with Gasteiger partial charge in [0.05, 0.1) is 22.5 Å². The molecule has 4 nitrogen and oxygen atoms in total. The van der Waals surface area contributed by atoms with E-state index in [0.717, 1.165) is 12.1 Å². The molecule has 0 aromatic heterocycles. The van der Waals surface area contributed by atoms with Crippen molar-refractivity contribution >= 4 is 5.69 Å². The molecule has 0 aliphatic rings. The Labute approximate surface area is 198 Å². The monoisotopic (exact) mass is 599 g/mol. The molecule has 21 heteroatoms. The van der Waals surface area contributed by atoms with Crippen LogP contribution >= 0.6 is 0 Å². The summed E-state index contributed by atoms with van der Waals surface area (Å²) in [5, 5.41) is 20.9. The van der Waals surface area contributed by atoms with Gasteiger partial charge in [-0.05, 0) is 13.0 Å². The summed E-state index contributed by atoms with van der Waals surface area (Å²) in [5.74, 6) is -57.9. The van der Waals surface area contributed by atoms with E-state index in [1.807, 2.05) is 0 Å². The first-order chi connectivity index (χ1) is 16.4. The van der Waals surface area contributed by atoms with E-state index in [1.54, 1.807) is 0 Å². The molecule has 1 rings (SSSR count). The second-order valence-electron chi connectivity index (χ2n) is 7.87. The summed E-state index contributed by atoms with van der Waals surface area (Å²) in [6.45, 7) is -0.0117. The number of hydrogen-bond donors (Lipinski definition) is 1. The molecule has 0 bridgehead atoms. The molecular formula is C17H10F17NO3. The van der Waals surface area contributed by atoms with Crippen molar-refractivity contribution in [3.8, 4) is 0 Å². The molecule has 0 spiro atoms. The van der Waals surface area contributed by atoms with Gasteiger partial charge in [0.25, 0.3) is 5.69 Å². The topological polar surface area (TPSA) is 63.4 Å². The molecule has 0 aliphatic heterocycles. The highest BCUT2D eigenvalue weighted by atomic mass is 19.4. The lowest BCUT2D eigenvalue weighted by atomic mass is 9.83. The lowest BCUT2D eigenvalue weighted by Gasteiger charge is -2.43. The van der Waals surface area contributed by atoms with Gasteiger partial charge in [0.2, 0.25) is 0 Å². The first-order valence-corrected chi connectivity index (χ1v) is 9.06. The van der Waals surface area contributed by atoms with E-state index < -0.39 is 75.8 Å². The minimum Gasteiger partial charge on any atom is -0.385 e. The summed E-state index contributed by atoms with van der Waals surface area (Å²) in [4.78, 5) is 9.48. The highest BCUT2D eigenvalue weighted by Crippen LogP contribution is 2.64. The third kappa shape index (κ3) is 4.59. The molecule has 0 aliphatic carbocycles. The molecule has 0 fully saturated rings. The van der Waals surface area contributed by atoms with E-state index in [1.165, 1.54) is 0 Å². The molecular weight excluding hydrogens is 589 g/mol. The van der Waals surface area contributed by atoms with Gasteiger partial charge in [-0.1, -0.05) is 12.1 Å². The Morgan fingerprint density at radius 3 is 1.37 bits per heavy atom. The van der Waals surface area contributed by atoms with Crippen LogP contribution in [0, 0.1) is 10.1 Å². The predicted octanol–water partition coefficient (Wildman–Crippen LogP) is 7.20. The predicted molar refractivity (Wildman–Crippen MR) is 88.0 cm³/mol. The molecule has 1 unspecified atom stereocenters. The summed E-state index contributed by atoms with van der Waals surface area (Å²) < 4.78 is 227. The summed E-state index contributed by atoms with van der Waals surface area (Å²) in [6.07, 6.45) is -11.1. The fourth-order valence-electron chi connectivity index (χ4n) is 2.92. The van der Waals surface area contributed by atoms with E-state index in [-0.39, 0.29) is 6.92 Å². The van der Waals surface area contributed by atoms with Gasteiger partial charge in [-0.25, -0.2) is 0 Å². The number of nitrogens with zero attached hydrogens (tertiary/aromatic N) is 1. The molecule has 1 atom stereocenters. The van der Waals surface area contributed by atoms with Crippen LogP contribution in [-0.2, 0) is 5.60 Å². The Morgan fingerprint density at radius 1 is 0.658 bits per heavy atom. The standard InChI is InChI=1S/C17H10F17NO3/c1-9(36,7-4-2-3-5-8(7)35(37)38)6-10(18,19)11(20,21)12(22,23)13(24,25)14(26,27)15(28,29)16(30,31)17(32,33)34/h2-5,36H,6H2,1H3. The third-order valence-electron chi connectivity index (χ3n) is 5.03. The molecule has 220 valence electrons.